The van der Waals surface area contributed by atoms with Crippen LogP contribution in [0.1, 0.15) is 16.8 Å². The third-order valence-electron chi connectivity index (χ3n) is 4.98. The molecule has 1 heterocycles. The molecule has 0 aliphatic heterocycles. The van der Waals surface area contributed by atoms with E-state index in [9.17, 15) is 8.42 Å². The van der Waals surface area contributed by atoms with Gasteiger partial charge in [0.05, 0.1) is 30.8 Å². The van der Waals surface area contributed by atoms with Crippen molar-refractivity contribution in [3.8, 4) is 0 Å². The Labute approximate surface area is 179 Å². The summed E-state index contributed by atoms with van der Waals surface area (Å²) in [6, 6.07) is 20.2. The van der Waals surface area contributed by atoms with Gasteiger partial charge in [-0.15, -0.1) is 0 Å². The van der Waals surface area contributed by atoms with Crippen LogP contribution in [0, 0.1) is 0 Å². The number of hydrogen-bond acceptors (Lipinski definition) is 5. The average Bonchev–Trinajstić information content (AvgIpc) is 3.15. The second-order valence-electron chi connectivity index (χ2n) is 7.39. The Hall–Kier alpha value is -2.48. The van der Waals surface area contributed by atoms with Crippen molar-refractivity contribution in [2.24, 2.45) is 0 Å². The summed E-state index contributed by atoms with van der Waals surface area (Å²) in [6.45, 7) is 2.09. The molecule has 0 spiro atoms. The number of ether oxygens (including phenoxy) is 1. The van der Waals surface area contributed by atoms with Gasteiger partial charge in [0, 0.05) is 20.2 Å². The first-order valence-electron chi connectivity index (χ1n) is 10.0. The van der Waals surface area contributed by atoms with Crippen molar-refractivity contribution in [2.45, 2.75) is 24.7 Å². The Balaban J connectivity index is 1.80. The molecule has 0 saturated carbocycles. The Morgan fingerprint density at radius 3 is 2.27 bits per heavy atom. The molecule has 0 N–H and O–H groups in total. The van der Waals surface area contributed by atoms with Crippen LogP contribution in [0.15, 0.2) is 72.0 Å². The van der Waals surface area contributed by atoms with E-state index in [1.54, 1.807) is 6.20 Å². The first-order chi connectivity index (χ1) is 14.5. The van der Waals surface area contributed by atoms with Crippen LogP contribution in [0.2, 0.25) is 0 Å². The van der Waals surface area contributed by atoms with Gasteiger partial charge in [-0.3, -0.25) is 0 Å². The van der Waals surface area contributed by atoms with Crippen LogP contribution in [-0.2, 0) is 34.1 Å². The fourth-order valence-electron chi connectivity index (χ4n) is 3.31. The van der Waals surface area contributed by atoms with Crippen LogP contribution in [0.5, 0.6) is 0 Å². The molecule has 0 bridgehead atoms. The van der Waals surface area contributed by atoms with Gasteiger partial charge in [-0.05, 0) is 24.6 Å². The van der Waals surface area contributed by atoms with Crippen LogP contribution < -0.4 is 0 Å². The monoisotopic (exact) mass is 427 g/mol. The zero-order chi connectivity index (χ0) is 21.4. The summed E-state index contributed by atoms with van der Waals surface area (Å²) in [4.78, 5) is 6.49. The van der Waals surface area contributed by atoms with Gasteiger partial charge in [-0.2, -0.15) is 0 Å². The second-order valence-corrected chi connectivity index (χ2v) is 9.39. The van der Waals surface area contributed by atoms with Gasteiger partial charge < -0.3 is 14.2 Å². The van der Waals surface area contributed by atoms with Gasteiger partial charge in [-0.25, -0.2) is 13.4 Å². The lowest BCUT2D eigenvalue weighted by atomic mass is 10.1. The molecule has 0 amide bonds. The minimum atomic E-state index is -3.54. The van der Waals surface area contributed by atoms with E-state index in [0.717, 1.165) is 24.2 Å². The Kier molecular flexibility index (Phi) is 7.79. The Bertz CT molecular complexity index is 1020. The van der Waals surface area contributed by atoms with Crippen molar-refractivity contribution in [1.82, 2.24) is 14.5 Å². The Morgan fingerprint density at radius 1 is 1.00 bits per heavy atom. The van der Waals surface area contributed by atoms with E-state index in [-0.39, 0.29) is 17.5 Å². The normalized spacial score (nSPS) is 11.8. The Morgan fingerprint density at radius 2 is 1.63 bits per heavy atom. The topological polar surface area (TPSA) is 64.4 Å². The molecule has 0 aliphatic rings. The summed E-state index contributed by atoms with van der Waals surface area (Å²) in [5.74, 6) is -0.0847. The van der Waals surface area contributed by atoms with E-state index in [1.165, 1.54) is 12.7 Å². The van der Waals surface area contributed by atoms with E-state index in [4.69, 9.17) is 4.74 Å². The molecule has 30 heavy (non-hydrogen) atoms. The zero-order valence-electron chi connectivity index (χ0n) is 17.6. The number of methoxy groups -OCH3 is 1. The first kappa shape index (κ1) is 22.2. The lowest BCUT2D eigenvalue weighted by Crippen LogP contribution is -2.24. The number of imidazole rings is 1. The highest BCUT2D eigenvalue weighted by Crippen LogP contribution is 2.17. The van der Waals surface area contributed by atoms with Crippen LogP contribution in [-0.4, -0.2) is 55.9 Å². The summed E-state index contributed by atoms with van der Waals surface area (Å²) >= 11 is 0. The summed E-state index contributed by atoms with van der Waals surface area (Å²) < 4.78 is 32.5. The summed E-state index contributed by atoms with van der Waals surface area (Å²) in [7, 11) is 0.00757. The van der Waals surface area contributed by atoms with Crippen LogP contribution in [0.4, 0.5) is 0 Å². The highest BCUT2D eigenvalue weighted by molar-refractivity contribution is 7.91. The number of likely N-dealkylation sites (N-methyl/N-ethyl adjacent to an activating group) is 1. The highest BCUT2D eigenvalue weighted by Gasteiger charge is 2.23. The predicted octanol–water partition coefficient (Wildman–Crippen LogP) is 3.03. The smallest absolute Gasteiger partial charge is 0.228 e. The molecular weight excluding hydrogens is 398 g/mol. The van der Waals surface area contributed by atoms with Gasteiger partial charge in [0.25, 0.3) is 0 Å². The third kappa shape index (κ3) is 6.01. The SMILES string of the molecule is COCCS(=O)(=O)c1ncc(CN(C)CCc2ccccc2)n1Cc1ccccc1. The van der Waals surface area contributed by atoms with E-state index in [1.807, 2.05) is 60.1 Å². The minimum absolute atomic E-state index is 0.0847. The third-order valence-corrected chi connectivity index (χ3v) is 6.56. The van der Waals surface area contributed by atoms with E-state index >= 15 is 0 Å². The lowest BCUT2D eigenvalue weighted by molar-refractivity contribution is 0.217. The molecule has 0 unspecified atom stereocenters. The van der Waals surface area contributed by atoms with Gasteiger partial charge >= 0.3 is 0 Å². The maximum absolute atomic E-state index is 12.8. The lowest BCUT2D eigenvalue weighted by Gasteiger charge is -2.19. The molecule has 0 aliphatic carbocycles. The summed E-state index contributed by atoms with van der Waals surface area (Å²) in [5.41, 5.74) is 3.20. The number of nitrogens with zero attached hydrogens (tertiary/aromatic N) is 3. The molecule has 7 heteroatoms. The van der Waals surface area contributed by atoms with Gasteiger partial charge in [0.15, 0.2) is 0 Å². The van der Waals surface area contributed by atoms with Crippen molar-refractivity contribution >= 4 is 9.84 Å². The largest absolute Gasteiger partial charge is 0.384 e. The number of benzene rings is 2. The number of rotatable bonds is 11. The maximum atomic E-state index is 12.8. The van der Waals surface area contributed by atoms with Crippen LogP contribution in [0.3, 0.4) is 0 Å². The van der Waals surface area contributed by atoms with Crippen molar-refractivity contribution in [2.75, 3.05) is 33.1 Å². The number of aromatic nitrogens is 2. The van der Waals surface area contributed by atoms with Crippen LogP contribution >= 0.6 is 0 Å². The molecular formula is C23H29N3O3S. The number of hydrogen-bond donors (Lipinski definition) is 0. The van der Waals surface area contributed by atoms with Gasteiger partial charge in [0.1, 0.15) is 0 Å². The number of sulfone groups is 1. The predicted molar refractivity (Wildman–Crippen MR) is 118 cm³/mol. The standard InChI is InChI=1S/C23H29N3O3S/c1-25(14-13-20-9-5-3-6-10-20)19-22-17-24-23(30(27,28)16-15-29-2)26(22)18-21-11-7-4-8-12-21/h3-12,17H,13-16,18-19H2,1-2H3. The van der Waals surface area contributed by atoms with Crippen molar-refractivity contribution < 1.29 is 13.2 Å². The second kappa shape index (κ2) is 10.5. The fourth-order valence-corrected chi connectivity index (χ4v) is 4.61. The molecule has 2 aromatic carbocycles. The molecule has 6 nitrogen and oxygen atoms in total. The summed E-state index contributed by atoms with van der Waals surface area (Å²) in [5, 5.41) is 0.106. The maximum Gasteiger partial charge on any atom is 0.228 e. The zero-order valence-corrected chi connectivity index (χ0v) is 18.4. The van der Waals surface area contributed by atoms with E-state index in [2.05, 4.69) is 22.0 Å². The molecule has 0 saturated heterocycles. The molecule has 3 aromatic rings. The first-order valence-corrected chi connectivity index (χ1v) is 11.7. The van der Waals surface area contributed by atoms with E-state index in [0.29, 0.717) is 13.1 Å². The van der Waals surface area contributed by atoms with Crippen molar-refractivity contribution in [3.63, 3.8) is 0 Å². The van der Waals surface area contributed by atoms with E-state index < -0.39 is 9.84 Å². The van der Waals surface area contributed by atoms with Gasteiger partial charge in [0.2, 0.25) is 15.0 Å². The molecule has 0 fully saturated rings. The van der Waals surface area contributed by atoms with Gasteiger partial charge in [-0.1, -0.05) is 60.7 Å². The average molecular weight is 428 g/mol. The highest BCUT2D eigenvalue weighted by atomic mass is 32.2. The molecule has 0 radical (unpaired) electrons. The van der Waals surface area contributed by atoms with Crippen molar-refractivity contribution in [1.29, 1.82) is 0 Å². The molecule has 160 valence electrons. The fraction of sp³-hybridized carbons (Fsp3) is 0.348. The molecule has 3 rings (SSSR count). The quantitative estimate of drug-likeness (QED) is 0.471. The summed E-state index contributed by atoms with van der Waals surface area (Å²) in [6.07, 6.45) is 2.62. The minimum Gasteiger partial charge on any atom is -0.384 e. The van der Waals surface area contributed by atoms with Crippen LogP contribution in [0.25, 0.3) is 0 Å². The van der Waals surface area contributed by atoms with Crippen molar-refractivity contribution in [3.05, 3.63) is 83.7 Å². The molecule has 0 atom stereocenters. The molecule has 1 aromatic heterocycles.